The Kier molecular flexibility index (Phi) is 6.11. The standard InChI is InChI=1S/C18H20ClFN2O3S/c19-14-3-10-18(21-11-14)25-17-8-6-16(7-9-17)22-26(23,24)12-13-1-4-15(20)5-2-13/h1-5,10-11,16-17,22H,6-9,12H2. The first-order valence-electron chi connectivity index (χ1n) is 8.42. The Morgan fingerprint density at radius 1 is 1.12 bits per heavy atom. The molecule has 1 heterocycles. The summed E-state index contributed by atoms with van der Waals surface area (Å²) in [7, 11) is -3.47. The molecule has 0 saturated heterocycles. The number of ether oxygens (including phenoxy) is 1. The molecule has 140 valence electrons. The second-order valence-electron chi connectivity index (χ2n) is 6.41. The van der Waals surface area contributed by atoms with Gasteiger partial charge in [0, 0.05) is 18.3 Å². The van der Waals surface area contributed by atoms with Crippen LogP contribution in [0.5, 0.6) is 5.88 Å². The Morgan fingerprint density at radius 2 is 1.81 bits per heavy atom. The molecule has 0 unspecified atom stereocenters. The lowest BCUT2D eigenvalue weighted by molar-refractivity contribution is 0.138. The number of rotatable bonds is 6. The van der Waals surface area contributed by atoms with E-state index in [1.165, 1.54) is 30.5 Å². The molecule has 0 aliphatic heterocycles. The predicted octanol–water partition coefficient (Wildman–Crippen LogP) is 3.68. The second kappa shape index (κ2) is 8.33. The van der Waals surface area contributed by atoms with Gasteiger partial charge in [-0.15, -0.1) is 0 Å². The van der Waals surface area contributed by atoms with Crippen molar-refractivity contribution in [2.45, 2.75) is 43.6 Å². The number of halogens is 2. The fraction of sp³-hybridized carbons (Fsp3) is 0.389. The van der Waals surface area contributed by atoms with Gasteiger partial charge in [-0.25, -0.2) is 22.5 Å². The molecule has 1 aromatic carbocycles. The van der Waals surface area contributed by atoms with E-state index in [1.54, 1.807) is 12.1 Å². The van der Waals surface area contributed by atoms with Gasteiger partial charge in [0.15, 0.2) is 0 Å². The van der Waals surface area contributed by atoms with Crippen molar-refractivity contribution < 1.29 is 17.5 Å². The molecular weight excluding hydrogens is 379 g/mol. The molecule has 1 saturated carbocycles. The minimum Gasteiger partial charge on any atom is -0.474 e. The van der Waals surface area contributed by atoms with Gasteiger partial charge in [-0.05, 0) is 49.4 Å². The Balaban J connectivity index is 1.48. The summed E-state index contributed by atoms with van der Waals surface area (Å²) in [5, 5.41) is 0.552. The zero-order chi connectivity index (χ0) is 18.6. The molecular formula is C18H20ClFN2O3S. The van der Waals surface area contributed by atoms with Crippen molar-refractivity contribution in [2.24, 2.45) is 0 Å². The summed E-state index contributed by atoms with van der Waals surface area (Å²) in [4.78, 5) is 4.11. The van der Waals surface area contributed by atoms with Gasteiger partial charge >= 0.3 is 0 Å². The highest BCUT2D eigenvalue weighted by atomic mass is 35.5. The molecule has 5 nitrogen and oxygen atoms in total. The lowest BCUT2D eigenvalue weighted by Gasteiger charge is -2.29. The molecule has 0 atom stereocenters. The highest BCUT2D eigenvalue weighted by Crippen LogP contribution is 2.24. The number of benzene rings is 1. The van der Waals surface area contributed by atoms with Crippen molar-refractivity contribution >= 4 is 21.6 Å². The van der Waals surface area contributed by atoms with Crippen molar-refractivity contribution in [1.82, 2.24) is 9.71 Å². The molecule has 3 rings (SSSR count). The van der Waals surface area contributed by atoms with Crippen molar-refractivity contribution in [3.8, 4) is 5.88 Å². The van der Waals surface area contributed by atoms with Crippen molar-refractivity contribution in [3.63, 3.8) is 0 Å². The number of hydrogen-bond acceptors (Lipinski definition) is 4. The van der Waals surface area contributed by atoms with Gasteiger partial charge in [0.25, 0.3) is 0 Å². The van der Waals surface area contributed by atoms with Crippen LogP contribution in [0.15, 0.2) is 42.6 Å². The third-order valence-electron chi connectivity index (χ3n) is 4.28. The Hall–Kier alpha value is -1.70. The minimum absolute atomic E-state index is 0.0153. The Labute approximate surface area is 157 Å². The fourth-order valence-corrected chi connectivity index (χ4v) is 4.57. The molecule has 1 aromatic heterocycles. The molecule has 1 N–H and O–H groups in total. The maximum absolute atomic E-state index is 12.9. The summed E-state index contributed by atoms with van der Waals surface area (Å²) in [6.45, 7) is 0. The SMILES string of the molecule is O=S(=O)(Cc1ccc(F)cc1)NC1CCC(Oc2ccc(Cl)cn2)CC1. The van der Waals surface area contributed by atoms with E-state index in [4.69, 9.17) is 16.3 Å². The van der Waals surface area contributed by atoms with Gasteiger partial charge in [-0.3, -0.25) is 0 Å². The molecule has 2 aromatic rings. The monoisotopic (exact) mass is 398 g/mol. The average Bonchev–Trinajstić information content (AvgIpc) is 2.60. The first-order chi connectivity index (χ1) is 12.4. The van der Waals surface area contributed by atoms with E-state index in [2.05, 4.69) is 9.71 Å². The number of nitrogens with one attached hydrogen (secondary N) is 1. The maximum Gasteiger partial charge on any atom is 0.216 e. The molecule has 8 heteroatoms. The van der Waals surface area contributed by atoms with E-state index in [9.17, 15) is 12.8 Å². The van der Waals surface area contributed by atoms with Crippen LogP contribution in [-0.2, 0) is 15.8 Å². The van der Waals surface area contributed by atoms with Gasteiger partial charge in [-0.1, -0.05) is 23.7 Å². The minimum atomic E-state index is -3.47. The molecule has 1 aliphatic rings. The zero-order valence-electron chi connectivity index (χ0n) is 14.1. The number of hydrogen-bond donors (Lipinski definition) is 1. The lowest BCUT2D eigenvalue weighted by atomic mass is 9.94. The summed E-state index contributed by atoms with van der Waals surface area (Å²) in [6, 6.07) is 8.82. The topological polar surface area (TPSA) is 68.3 Å². The van der Waals surface area contributed by atoms with Gasteiger partial charge in [0.05, 0.1) is 10.8 Å². The van der Waals surface area contributed by atoms with Crippen LogP contribution in [0.4, 0.5) is 4.39 Å². The molecule has 0 bridgehead atoms. The lowest BCUT2D eigenvalue weighted by Crippen LogP contribution is -2.40. The van der Waals surface area contributed by atoms with Gasteiger partial charge in [0.2, 0.25) is 15.9 Å². The molecule has 1 aliphatic carbocycles. The summed E-state index contributed by atoms with van der Waals surface area (Å²) < 4.78 is 46.1. The van der Waals surface area contributed by atoms with E-state index in [0.717, 1.165) is 12.8 Å². The van der Waals surface area contributed by atoms with E-state index < -0.39 is 10.0 Å². The normalized spacial score (nSPS) is 20.7. The van der Waals surface area contributed by atoms with Crippen LogP contribution in [0.25, 0.3) is 0 Å². The molecule has 0 amide bonds. The smallest absolute Gasteiger partial charge is 0.216 e. The van der Waals surface area contributed by atoms with E-state index >= 15 is 0 Å². The molecule has 26 heavy (non-hydrogen) atoms. The van der Waals surface area contributed by atoms with Crippen LogP contribution < -0.4 is 9.46 Å². The zero-order valence-corrected chi connectivity index (χ0v) is 15.6. The quantitative estimate of drug-likeness (QED) is 0.805. The fourth-order valence-electron chi connectivity index (χ4n) is 3.00. The van der Waals surface area contributed by atoms with Crippen LogP contribution in [0, 0.1) is 5.82 Å². The van der Waals surface area contributed by atoms with E-state index in [0.29, 0.717) is 29.3 Å². The first-order valence-corrected chi connectivity index (χ1v) is 10.5. The van der Waals surface area contributed by atoms with Crippen molar-refractivity contribution in [2.75, 3.05) is 0 Å². The van der Waals surface area contributed by atoms with Crippen LogP contribution in [0.3, 0.4) is 0 Å². The van der Waals surface area contributed by atoms with Gasteiger partial charge in [0.1, 0.15) is 11.9 Å². The molecule has 0 spiro atoms. The van der Waals surface area contributed by atoms with E-state index in [1.807, 2.05) is 0 Å². The Bertz CT molecular complexity index is 821. The number of nitrogens with zero attached hydrogens (tertiary/aromatic N) is 1. The van der Waals surface area contributed by atoms with Crippen LogP contribution in [0.1, 0.15) is 31.2 Å². The average molecular weight is 399 g/mol. The second-order valence-corrected chi connectivity index (χ2v) is 8.60. The highest BCUT2D eigenvalue weighted by Gasteiger charge is 2.26. The highest BCUT2D eigenvalue weighted by molar-refractivity contribution is 7.88. The predicted molar refractivity (Wildman–Crippen MR) is 98.1 cm³/mol. The maximum atomic E-state index is 12.9. The van der Waals surface area contributed by atoms with Crippen LogP contribution in [0.2, 0.25) is 5.02 Å². The first kappa shape index (κ1) is 19.1. The third kappa shape index (κ3) is 5.65. The third-order valence-corrected chi connectivity index (χ3v) is 5.91. The summed E-state index contributed by atoms with van der Waals surface area (Å²) in [6.07, 6.45) is 4.43. The molecule has 0 radical (unpaired) electrons. The summed E-state index contributed by atoms with van der Waals surface area (Å²) in [5.41, 5.74) is 0.560. The summed E-state index contributed by atoms with van der Waals surface area (Å²) >= 11 is 5.80. The van der Waals surface area contributed by atoms with Crippen molar-refractivity contribution in [3.05, 3.63) is 59.0 Å². The number of pyridine rings is 1. The molecule has 1 fully saturated rings. The number of aromatic nitrogens is 1. The largest absolute Gasteiger partial charge is 0.474 e. The van der Waals surface area contributed by atoms with Gasteiger partial charge in [-0.2, -0.15) is 0 Å². The number of sulfonamides is 1. The van der Waals surface area contributed by atoms with Gasteiger partial charge < -0.3 is 4.74 Å². The van der Waals surface area contributed by atoms with E-state index in [-0.39, 0.29) is 23.7 Å². The van der Waals surface area contributed by atoms with Crippen molar-refractivity contribution in [1.29, 1.82) is 0 Å². The Morgan fingerprint density at radius 3 is 2.42 bits per heavy atom. The van der Waals surface area contributed by atoms with Crippen LogP contribution >= 0.6 is 11.6 Å². The summed E-state index contributed by atoms with van der Waals surface area (Å²) in [5.74, 6) is -0.0133. The van der Waals surface area contributed by atoms with Crippen LogP contribution in [-0.4, -0.2) is 25.5 Å².